The summed E-state index contributed by atoms with van der Waals surface area (Å²) in [5.41, 5.74) is 0. The minimum atomic E-state index is -3.71. The summed E-state index contributed by atoms with van der Waals surface area (Å²) in [5, 5.41) is 2.70. The molecule has 140 valence electrons. The largest absolute Gasteiger partial charge is 0.349 e. The van der Waals surface area contributed by atoms with E-state index in [2.05, 4.69) is 5.32 Å². The zero-order valence-corrected chi connectivity index (χ0v) is 16.0. The lowest BCUT2D eigenvalue weighted by Crippen LogP contribution is -3.15. The molecule has 2 rings (SSSR count). The fourth-order valence-corrected chi connectivity index (χ4v) is 4.37. The smallest absolute Gasteiger partial charge is 0.275 e. The highest BCUT2D eigenvalue weighted by molar-refractivity contribution is 7.89. The van der Waals surface area contributed by atoms with Crippen molar-refractivity contribution in [3.8, 4) is 0 Å². The number of piperazine rings is 1. The maximum absolute atomic E-state index is 13.2. The Bertz CT molecular complexity index is 721. The molecule has 1 aromatic carbocycles. The predicted molar refractivity (Wildman–Crippen MR) is 93.6 cm³/mol. The van der Waals surface area contributed by atoms with Crippen molar-refractivity contribution in [2.45, 2.75) is 31.2 Å². The number of benzene rings is 1. The zero-order chi connectivity index (χ0) is 18.6. The predicted octanol–water partition coefficient (Wildman–Crippen LogP) is 0.283. The van der Waals surface area contributed by atoms with E-state index in [9.17, 15) is 17.6 Å². The third-order valence-electron chi connectivity index (χ3n) is 4.39. The van der Waals surface area contributed by atoms with E-state index in [1.54, 1.807) is 0 Å². The van der Waals surface area contributed by atoms with Gasteiger partial charge in [-0.15, -0.1) is 0 Å². The Morgan fingerprint density at radius 1 is 1.40 bits per heavy atom. The lowest BCUT2D eigenvalue weighted by atomic mass is 10.2. The van der Waals surface area contributed by atoms with Gasteiger partial charge in [0.1, 0.15) is 5.82 Å². The fraction of sp³-hybridized carbons (Fsp3) is 0.562. The molecule has 0 bridgehead atoms. The lowest BCUT2D eigenvalue weighted by molar-refractivity contribution is -0.895. The number of carbonyl (C=O) groups is 1. The van der Waals surface area contributed by atoms with E-state index in [-0.39, 0.29) is 21.9 Å². The van der Waals surface area contributed by atoms with E-state index in [0.717, 1.165) is 23.5 Å². The molecular formula is C16H24ClFN3O3S+. The van der Waals surface area contributed by atoms with Gasteiger partial charge in [0.25, 0.3) is 5.91 Å². The molecule has 0 aromatic heterocycles. The third kappa shape index (κ3) is 5.13. The van der Waals surface area contributed by atoms with Crippen molar-refractivity contribution < 1.29 is 22.5 Å². The molecule has 0 aliphatic carbocycles. The molecule has 1 fully saturated rings. The minimum Gasteiger partial charge on any atom is -0.349 e. The monoisotopic (exact) mass is 392 g/mol. The molecule has 1 heterocycles. The van der Waals surface area contributed by atoms with Crippen molar-refractivity contribution in [3.05, 3.63) is 29.0 Å². The number of rotatable bonds is 6. The average Bonchev–Trinajstić information content (AvgIpc) is 2.57. The van der Waals surface area contributed by atoms with Crippen LogP contribution in [0.5, 0.6) is 0 Å². The molecule has 0 spiro atoms. The molecule has 2 N–H and O–H groups in total. The van der Waals surface area contributed by atoms with E-state index in [1.807, 2.05) is 13.8 Å². The van der Waals surface area contributed by atoms with Gasteiger partial charge in [-0.05, 0) is 31.5 Å². The van der Waals surface area contributed by atoms with Crippen molar-refractivity contribution in [2.75, 3.05) is 32.7 Å². The molecule has 25 heavy (non-hydrogen) atoms. The van der Waals surface area contributed by atoms with Gasteiger partial charge in [0.2, 0.25) is 10.0 Å². The van der Waals surface area contributed by atoms with Crippen molar-refractivity contribution in [3.63, 3.8) is 0 Å². The van der Waals surface area contributed by atoms with Crippen molar-refractivity contribution in [1.29, 1.82) is 0 Å². The Balaban J connectivity index is 1.94. The molecule has 1 aliphatic rings. The Labute approximate surface area is 153 Å². The van der Waals surface area contributed by atoms with Crippen LogP contribution in [0.25, 0.3) is 0 Å². The Kier molecular flexibility index (Phi) is 6.79. The highest BCUT2D eigenvalue weighted by Gasteiger charge is 2.31. The van der Waals surface area contributed by atoms with Crippen LogP contribution in [0, 0.1) is 5.82 Å². The Morgan fingerprint density at radius 2 is 2.04 bits per heavy atom. The number of hydrogen-bond donors (Lipinski definition) is 2. The zero-order valence-electron chi connectivity index (χ0n) is 14.4. The van der Waals surface area contributed by atoms with Gasteiger partial charge in [0.15, 0.2) is 6.54 Å². The van der Waals surface area contributed by atoms with Gasteiger partial charge in [0.05, 0.1) is 36.1 Å². The quantitative estimate of drug-likeness (QED) is 0.730. The van der Waals surface area contributed by atoms with Crippen LogP contribution in [0.2, 0.25) is 5.02 Å². The number of sulfonamides is 1. The van der Waals surface area contributed by atoms with Crippen molar-refractivity contribution in [2.24, 2.45) is 0 Å². The number of nitrogens with zero attached hydrogens (tertiary/aromatic N) is 1. The molecule has 1 amide bonds. The second-order valence-corrected chi connectivity index (χ2v) is 8.63. The summed E-state index contributed by atoms with van der Waals surface area (Å²) < 4.78 is 39.8. The maximum atomic E-state index is 13.2. The minimum absolute atomic E-state index is 0.0168. The van der Waals surface area contributed by atoms with Crippen LogP contribution in [0.15, 0.2) is 23.1 Å². The molecule has 1 saturated heterocycles. The molecule has 1 aliphatic heterocycles. The molecule has 0 radical (unpaired) electrons. The van der Waals surface area contributed by atoms with Gasteiger partial charge in [-0.2, -0.15) is 4.31 Å². The van der Waals surface area contributed by atoms with Crippen LogP contribution in [0.4, 0.5) is 4.39 Å². The number of halogens is 2. The first-order valence-electron chi connectivity index (χ1n) is 8.32. The first-order chi connectivity index (χ1) is 11.7. The average molecular weight is 393 g/mol. The van der Waals surface area contributed by atoms with E-state index in [4.69, 9.17) is 11.6 Å². The Hall–Kier alpha value is -1.22. The second-order valence-electron chi connectivity index (χ2n) is 6.28. The van der Waals surface area contributed by atoms with Gasteiger partial charge < -0.3 is 10.2 Å². The lowest BCUT2D eigenvalue weighted by Gasteiger charge is -2.31. The summed E-state index contributed by atoms with van der Waals surface area (Å²) in [6.45, 7) is 5.99. The number of carbonyl (C=O) groups excluding carboxylic acids is 1. The first-order valence-corrected chi connectivity index (χ1v) is 10.1. The van der Waals surface area contributed by atoms with Crippen LogP contribution in [-0.4, -0.2) is 57.4 Å². The SMILES string of the molecule is CC[C@@H](C)NC(=O)C[NH+]1CCN(S(=O)(=O)c2ccc(F)c(Cl)c2)CC1. The van der Waals surface area contributed by atoms with E-state index in [0.29, 0.717) is 32.7 Å². The van der Waals surface area contributed by atoms with Crippen LogP contribution >= 0.6 is 11.6 Å². The standard InChI is InChI=1S/C16H23ClFN3O3S/c1-3-12(2)19-16(22)11-20-6-8-21(9-7-20)25(23,24)13-4-5-15(18)14(17)10-13/h4-5,10,12H,3,6-9,11H2,1-2H3,(H,19,22)/p+1/t12-/m1/s1. The van der Waals surface area contributed by atoms with E-state index >= 15 is 0 Å². The Morgan fingerprint density at radius 3 is 2.60 bits per heavy atom. The van der Waals surface area contributed by atoms with Crippen molar-refractivity contribution in [1.82, 2.24) is 9.62 Å². The van der Waals surface area contributed by atoms with Gasteiger partial charge in [-0.25, -0.2) is 12.8 Å². The molecule has 0 saturated carbocycles. The van der Waals surface area contributed by atoms with Crippen LogP contribution in [-0.2, 0) is 14.8 Å². The van der Waals surface area contributed by atoms with Crippen molar-refractivity contribution >= 4 is 27.5 Å². The van der Waals surface area contributed by atoms with E-state index in [1.165, 1.54) is 10.4 Å². The molecule has 1 atom stereocenters. The summed E-state index contributed by atoms with van der Waals surface area (Å²) in [5.74, 6) is -0.673. The second kappa shape index (κ2) is 8.44. The fourth-order valence-electron chi connectivity index (χ4n) is 2.66. The summed E-state index contributed by atoms with van der Waals surface area (Å²) in [6, 6.07) is 3.54. The van der Waals surface area contributed by atoms with Crippen LogP contribution in [0.3, 0.4) is 0 Å². The molecular weight excluding hydrogens is 369 g/mol. The number of nitrogens with one attached hydrogen (secondary N) is 2. The van der Waals surface area contributed by atoms with Gasteiger partial charge >= 0.3 is 0 Å². The summed E-state index contributed by atoms with van der Waals surface area (Å²) in [6.07, 6.45) is 0.868. The summed E-state index contributed by atoms with van der Waals surface area (Å²) in [7, 11) is -3.71. The van der Waals surface area contributed by atoms with Gasteiger partial charge in [0, 0.05) is 6.04 Å². The van der Waals surface area contributed by atoms with Crippen LogP contribution < -0.4 is 10.2 Å². The molecule has 9 heteroatoms. The third-order valence-corrected chi connectivity index (χ3v) is 6.57. The number of quaternary nitrogens is 1. The van der Waals surface area contributed by atoms with E-state index < -0.39 is 15.8 Å². The highest BCUT2D eigenvalue weighted by atomic mass is 35.5. The normalized spacial score (nSPS) is 18.1. The van der Waals surface area contributed by atoms with Gasteiger partial charge in [-0.3, -0.25) is 4.79 Å². The number of hydrogen-bond acceptors (Lipinski definition) is 3. The summed E-state index contributed by atoms with van der Waals surface area (Å²) in [4.78, 5) is 13.0. The maximum Gasteiger partial charge on any atom is 0.275 e. The summed E-state index contributed by atoms with van der Waals surface area (Å²) >= 11 is 5.69. The molecule has 0 unspecified atom stereocenters. The molecule has 1 aromatic rings. The number of amides is 1. The molecule has 6 nitrogen and oxygen atoms in total. The highest BCUT2D eigenvalue weighted by Crippen LogP contribution is 2.22. The van der Waals surface area contributed by atoms with Crippen LogP contribution in [0.1, 0.15) is 20.3 Å². The van der Waals surface area contributed by atoms with Gasteiger partial charge in [-0.1, -0.05) is 18.5 Å². The topological polar surface area (TPSA) is 70.9 Å². The first kappa shape index (κ1) is 20.1.